The van der Waals surface area contributed by atoms with Gasteiger partial charge in [-0.2, -0.15) is 0 Å². The summed E-state index contributed by atoms with van der Waals surface area (Å²) in [6.45, 7) is 0.499. The number of carboxylic acids is 1. The maximum atomic E-state index is 11.7. The van der Waals surface area contributed by atoms with Gasteiger partial charge in [0.05, 0.1) is 0 Å². The summed E-state index contributed by atoms with van der Waals surface area (Å²) in [7, 11) is 0. The lowest BCUT2D eigenvalue weighted by Gasteiger charge is -2.41. The van der Waals surface area contributed by atoms with Crippen molar-refractivity contribution in [2.24, 2.45) is 5.92 Å². The first kappa shape index (κ1) is 13.6. The number of likely N-dealkylation sites (tertiary alicyclic amines) is 1. The molecule has 2 aliphatic rings. The average molecular weight is 271 g/mol. The Kier molecular flexibility index (Phi) is 4.20. The first-order chi connectivity index (χ1) is 9.06. The molecule has 106 valence electrons. The molecule has 0 bridgehead atoms. The highest BCUT2D eigenvalue weighted by Crippen LogP contribution is 2.25. The zero-order chi connectivity index (χ0) is 13.8. The van der Waals surface area contributed by atoms with Gasteiger partial charge in [0.25, 0.3) is 0 Å². The number of hydrogen-bond acceptors (Lipinski definition) is 4. The molecule has 8 nitrogen and oxygen atoms in total. The molecule has 0 aromatic rings. The number of nitrogens with one attached hydrogen (secondary N) is 2. The molecule has 0 spiro atoms. The van der Waals surface area contributed by atoms with Gasteiger partial charge >= 0.3 is 12.0 Å². The van der Waals surface area contributed by atoms with Crippen LogP contribution in [0.15, 0.2) is 0 Å². The first-order valence-electron chi connectivity index (χ1n) is 6.24. The van der Waals surface area contributed by atoms with Crippen LogP contribution in [0.3, 0.4) is 0 Å². The highest BCUT2D eigenvalue weighted by molar-refractivity contribution is 5.77. The van der Waals surface area contributed by atoms with Crippen molar-refractivity contribution in [3.8, 4) is 0 Å². The smallest absolute Gasteiger partial charge is 0.341 e. The van der Waals surface area contributed by atoms with Crippen molar-refractivity contribution < 1.29 is 24.3 Å². The number of piperidine rings is 2. The Morgan fingerprint density at radius 2 is 2.26 bits per heavy atom. The van der Waals surface area contributed by atoms with E-state index in [0.29, 0.717) is 25.9 Å². The third-order valence-electron chi connectivity index (χ3n) is 3.46. The molecule has 0 aromatic carbocycles. The van der Waals surface area contributed by atoms with Gasteiger partial charge in [-0.3, -0.25) is 9.63 Å². The zero-order valence-corrected chi connectivity index (χ0v) is 10.4. The maximum Gasteiger partial charge on any atom is 0.341 e. The largest absolute Gasteiger partial charge is 0.479 e. The predicted molar refractivity (Wildman–Crippen MR) is 63.0 cm³/mol. The third kappa shape index (κ3) is 3.57. The minimum absolute atomic E-state index is 0.0731. The molecule has 3 amide bonds. The van der Waals surface area contributed by atoms with Crippen molar-refractivity contribution in [1.82, 2.24) is 15.7 Å². The van der Waals surface area contributed by atoms with Gasteiger partial charge in [-0.25, -0.2) is 15.1 Å². The second-order valence-corrected chi connectivity index (χ2v) is 4.80. The molecule has 2 unspecified atom stereocenters. The minimum atomic E-state index is -1.14. The molecular weight excluding hydrogens is 254 g/mol. The molecule has 0 aromatic heterocycles. The second-order valence-electron chi connectivity index (χ2n) is 4.80. The van der Waals surface area contributed by atoms with Crippen LogP contribution in [-0.4, -0.2) is 53.7 Å². The highest BCUT2D eigenvalue weighted by atomic mass is 16.7. The van der Waals surface area contributed by atoms with Crippen LogP contribution in [0.25, 0.3) is 0 Å². The average Bonchev–Trinajstić information content (AvgIpc) is 2.37. The van der Waals surface area contributed by atoms with E-state index in [2.05, 4.69) is 15.6 Å². The summed E-state index contributed by atoms with van der Waals surface area (Å²) in [5.41, 5.74) is 2.11. The maximum absolute atomic E-state index is 11.7. The fourth-order valence-electron chi connectivity index (χ4n) is 2.52. The lowest BCUT2D eigenvalue weighted by atomic mass is 9.85. The Hall–Kier alpha value is -1.83. The van der Waals surface area contributed by atoms with Crippen LogP contribution in [0.2, 0.25) is 0 Å². The topological polar surface area (TPSA) is 108 Å². The molecule has 2 saturated heterocycles. The number of carbonyl (C=O) groups is 3. The van der Waals surface area contributed by atoms with E-state index in [4.69, 9.17) is 5.11 Å². The van der Waals surface area contributed by atoms with Gasteiger partial charge in [0.2, 0.25) is 5.91 Å². The summed E-state index contributed by atoms with van der Waals surface area (Å²) in [6, 6.07) is -0.290. The Balaban J connectivity index is 1.78. The second kappa shape index (κ2) is 5.87. The van der Waals surface area contributed by atoms with Gasteiger partial charge in [0.1, 0.15) is 0 Å². The van der Waals surface area contributed by atoms with Crippen LogP contribution in [0.4, 0.5) is 4.79 Å². The van der Waals surface area contributed by atoms with E-state index in [1.807, 2.05) is 0 Å². The Morgan fingerprint density at radius 3 is 3.00 bits per heavy atom. The number of nitrogens with zero attached hydrogens (tertiary/aromatic N) is 1. The minimum Gasteiger partial charge on any atom is -0.479 e. The van der Waals surface area contributed by atoms with E-state index in [0.717, 1.165) is 6.42 Å². The lowest BCUT2D eigenvalue weighted by Crippen LogP contribution is -2.56. The monoisotopic (exact) mass is 271 g/mol. The SMILES string of the molecule is O=C(O)CONC(=O)N1CCC2NC(=O)CCC2C1. The van der Waals surface area contributed by atoms with E-state index in [1.165, 1.54) is 0 Å². The van der Waals surface area contributed by atoms with Crippen molar-refractivity contribution in [2.45, 2.75) is 25.3 Å². The van der Waals surface area contributed by atoms with Crippen LogP contribution in [0.1, 0.15) is 19.3 Å². The van der Waals surface area contributed by atoms with E-state index >= 15 is 0 Å². The number of amides is 3. The van der Waals surface area contributed by atoms with E-state index < -0.39 is 18.6 Å². The number of carboxylic acid groups (broad SMARTS) is 1. The van der Waals surface area contributed by atoms with Crippen LogP contribution in [0.5, 0.6) is 0 Å². The number of carbonyl (C=O) groups excluding carboxylic acids is 2. The summed E-state index contributed by atoms with van der Waals surface area (Å²) in [5, 5.41) is 11.3. The van der Waals surface area contributed by atoms with Gasteiger partial charge in [-0.05, 0) is 18.8 Å². The molecule has 8 heteroatoms. The summed E-state index contributed by atoms with van der Waals surface area (Å²) in [5.74, 6) is -0.811. The number of hydrogen-bond donors (Lipinski definition) is 3. The Labute approximate surface area is 110 Å². The van der Waals surface area contributed by atoms with Crippen molar-refractivity contribution in [2.75, 3.05) is 19.7 Å². The molecule has 0 radical (unpaired) electrons. The molecule has 0 aliphatic carbocycles. The molecule has 2 aliphatic heterocycles. The molecule has 19 heavy (non-hydrogen) atoms. The fourth-order valence-corrected chi connectivity index (χ4v) is 2.52. The van der Waals surface area contributed by atoms with Crippen molar-refractivity contribution in [1.29, 1.82) is 0 Å². The van der Waals surface area contributed by atoms with Gasteiger partial charge in [-0.1, -0.05) is 0 Å². The van der Waals surface area contributed by atoms with Gasteiger partial charge in [0, 0.05) is 25.6 Å². The molecule has 2 heterocycles. The quantitative estimate of drug-likeness (QED) is 0.589. The Morgan fingerprint density at radius 1 is 1.47 bits per heavy atom. The van der Waals surface area contributed by atoms with Crippen LogP contribution in [-0.2, 0) is 14.4 Å². The molecule has 3 N–H and O–H groups in total. The number of aliphatic carboxylic acids is 1. The zero-order valence-electron chi connectivity index (χ0n) is 10.4. The third-order valence-corrected chi connectivity index (χ3v) is 3.46. The van der Waals surface area contributed by atoms with Crippen molar-refractivity contribution in [3.05, 3.63) is 0 Å². The van der Waals surface area contributed by atoms with Gasteiger partial charge in [-0.15, -0.1) is 0 Å². The highest BCUT2D eigenvalue weighted by Gasteiger charge is 2.35. The van der Waals surface area contributed by atoms with Crippen molar-refractivity contribution >= 4 is 17.9 Å². The van der Waals surface area contributed by atoms with E-state index in [9.17, 15) is 14.4 Å². The molecular formula is C11H17N3O5. The molecule has 2 fully saturated rings. The summed E-state index contributed by atoms with van der Waals surface area (Å²) >= 11 is 0. The van der Waals surface area contributed by atoms with E-state index in [-0.39, 0.29) is 17.9 Å². The fraction of sp³-hybridized carbons (Fsp3) is 0.727. The van der Waals surface area contributed by atoms with Crippen LogP contribution < -0.4 is 10.8 Å². The number of fused-ring (bicyclic) bond motifs is 1. The first-order valence-corrected chi connectivity index (χ1v) is 6.24. The number of hydroxylamine groups is 1. The molecule has 2 rings (SSSR count). The van der Waals surface area contributed by atoms with Gasteiger partial charge < -0.3 is 15.3 Å². The number of urea groups is 1. The molecule has 2 atom stereocenters. The van der Waals surface area contributed by atoms with Crippen LogP contribution >= 0.6 is 0 Å². The lowest BCUT2D eigenvalue weighted by molar-refractivity contribution is -0.144. The Bertz CT molecular complexity index is 387. The van der Waals surface area contributed by atoms with Gasteiger partial charge in [0.15, 0.2) is 6.61 Å². The van der Waals surface area contributed by atoms with Crippen LogP contribution in [0, 0.1) is 5.92 Å². The predicted octanol–water partition coefficient (Wildman–Crippen LogP) is -0.687. The summed E-state index contributed by atoms with van der Waals surface area (Å²) in [4.78, 5) is 39.4. The number of rotatable bonds is 3. The van der Waals surface area contributed by atoms with Crippen molar-refractivity contribution in [3.63, 3.8) is 0 Å². The summed E-state index contributed by atoms with van der Waals surface area (Å²) in [6.07, 6.45) is 1.98. The standard InChI is InChI=1S/C11H17N3O5/c15-9-2-1-7-5-14(4-3-8(7)12-9)11(18)13-19-6-10(16)17/h7-8H,1-6H2,(H,12,15)(H,13,18)(H,16,17). The van der Waals surface area contributed by atoms with E-state index in [1.54, 1.807) is 4.90 Å². The normalized spacial score (nSPS) is 26.3. The summed E-state index contributed by atoms with van der Waals surface area (Å²) < 4.78 is 0. The molecule has 0 saturated carbocycles.